The van der Waals surface area contributed by atoms with Crippen molar-refractivity contribution in [3.8, 4) is 11.5 Å². The van der Waals surface area contributed by atoms with Crippen LogP contribution in [0.3, 0.4) is 0 Å². The van der Waals surface area contributed by atoms with Gasteiger partial charge in [-0.2, -0.15) is 4.80 Å². The smallest absolute Gasteiger partial charge is 0.272 e. The maximum atomic E-state index is 13.6. The van der Waals surface area contributed by atoms with Crippen LogP contribution in [0.1, 0.15) is 47.2 Å². The number of amides is 2. The fraction of sp³-hybridized carbons (Fsp3) is 0.344. The van der Waals surface area contributed by atoms with Crippen molar-refractivity contribution in [1.29, 1.82) is 0 Å². The number of carbonyl (C=O) groups is 2. The number of methoxy groups -OCH3 is 1. The van der Waals surface area contributed by atoms with Gasteiger partial charge in [0.15, 0.2) is 11.4 Å². The fourth-order valence-corrected chi connectivity index (χ4v) is 5.86. The van der Waals surface area contributed by atoms with E-state index in [1.807, 2.05) is 23.1 Å². The first kappa shape index (κ1) is 28.7. The van der Waals surface area contributed by atoms with E-state index in [-0.39, 0.29) is 36.8 Å². The van der Waals surface area contributed by atoms with Gasteiger partial charge in [0.2, 0.25) is 11.8 Å². The number of pyridine rings is 1. The van der Waals surface area contributed by atoms with E-state index in [0.717, 1.165) is 18.4 Å². The van der Waals surface area contributed by atoms with Crippen molar-refractivity contribution in [3.63, 3.8) is 0 Å². The molecule has 2 amide bonds. The Morgan fingerprint density at radius 2 is 1.91 bits per heavy atom. The summed E-state index contributed by atoms with van der Waals surface area (Å²) in [5.41, 5.74) is 3.57. The number of carbonyl (C=O) groups excluding carboxylic acids is 2. The standard InChI is InChI=1S/C32H31FN8O4/c1-44-18-28-37-39-41(38-28)29(19-5-3-2-4-6-19)20-10-13-40(14-11-20)32(43)26-15-21(9-12-34-26)31-36-25-16-22(7-8-27(25)45-31)35-30(42)23-17-24(23)33/h2-9,12,15-16,20,23-24,29H,10-11,13-14,17-18H2,1H3,(H,35,42)/t23-,24+,29-/m1/s1. The number of halogens is 1. The number of anilines is 1. The van der Waals surface area contributed by atoms with E-state index in [0.29, 0.717) is 52.8 Å². The second kappa shape index (κ2) is 12.2. The maximum absolute atomic E-state index is 13.6. The normalized spacial score (nSPS) is 19.0. The van der Waals surface area contributed by atoms with Gasteiger partial charge >= 0.3 is 0 Å². The lowest BCUT2D eigenvalue weighted by Gasteiger charge is -2.35. The Bertz CT molecular complexity index is 1840. The Balaban J connectivity index is 1.04. The number of tetrazole rings is 1. The Hall–Kier alpha value is -5.04. The van der Waals surface area contributed by atoms with Gasteiger partial charge in [-0.05, 0) is 66.3 Å². The number of oxazole rings is 1. The first-order valence-electron chi connectivity index (χ1n) is 14.9. The number of piperidine rings is 1. The number of aromatic nitrogens is 6. The second-order valence-electron chi connectivity index (χ2n) is 11.4. The summed E-state index contributed by atoms with van der Waals surface area (Å²) in [7, 11) is 1.60. The number of nitrogens with zero attached hydrogens (tertiary/aromatic N) is 7. The highest BCUT2D eigenvalue weighted by Crippen LogP contribution is 2.36. The molecule has 4 heterocycles. The van der Waals surface area contributed by atoms with Crippen molar-refractivity contribution in [2.75, 3.05) is 25.5 Å². The van der Waals surface area contributed by atoms with Crippen LogP contribution in [-0.2, 0) is 16.1 Å². The van der Waals surface area contributed by atoms with E-state index in [1.54, 1.807) is 48.4 Å². The van der Waals surface area contributed by atoms with Gasteiger partial charge in [-0.25, -0.2) is 9.37 Å². The summed E-state index contributed by atoms with van der Waals surface area (Å²) in [6.07, 6.45) is 2.26. The summed E-state index contributed by atoms with van der Waals surface area (Å²) < 4.78 is 24.4. The van der Waals surface area contributed by atoms with Crippen LogP contribution in [-0.4, -0.2) is 73.3 Å². The summed E-state index contributed by atoms with van der Waals surface area (Å²) in [4.78, 5) is 38.1. The lowest BCUT2D eigenvalue weighted by atomic mass is 9.85. The number of ether oxygens (including phenoxy) is 1. The minimum atomic E-state index is -1.07. The summed E-state index contributed by atoms with van der Waals surface area (Å²) in [5.74, 6) is -0.0506. The maximum Gasteiger partial charge on any atom is 0.272 e. The molecule has 1 N–H and O–H groups in total. The van der Waals surface area contributed by atoms with E-state index in [9.17, 15) is 14.0 Å². The van der Waals surface area contributed by atoms with Crippen molar-refractivity contribution in [2.45, 2.75) is 38.1 Å². The van der Waals surface area contributed by atoms with Crippen LogP contribution in [0.15, 0.2) is 71.3 Å². The van der Waals surface area contributed by atoms with Gasteiger partial charge in [-0.1, -0.05) is 30.3 Å². The molecule has 0 unspecified atom stereocenters. The molecular formula is C32H31FN8O4. The quantitative estimate of drug-likeness (QED) is 0.256. The monoisotopic (exact) mass is 610 g/mol. The molecular weight excluding hydrogens is 579 g/mol. The highest BCUT2D eigenvalue weighted by atomic mass is 19.1. The third kappa shape index (κ3) is 6.03. The van der Waals surface area contributed by atoms with Crippen LogP contribution in [0.25, 0.3) is 22.6 Å². The zero-order chi connectivity index (χ0) is 30.9. The SMILES string of the molecule is COCc1nnn([C@H](c2ccccc2)C2CCN(C(=O)c3cc(-c4nc5cc(NC(=O)[C@@H]6C[C@@H]6F)ccc5o4)ccn3)CC2)n1. The van der Waals surface area contributed by atoms with E-state index in [4.69, 9.17) is 9.15 Å². The van der Waals surface area contributed by atoms with Gasteiger partial charge in [0.1, 0.15) is 30.0 Å². The molecule has 0 bridgehead atoms. The largest absolute Gasteiger partial charge is 0.436 e. The van der Waals surface area contributed by atoms with Gasteiger partial charge in [0.05, 0.1) is 5.92 Å². The van der Waals surface area contributed by atoms with Crippen molar-refractivity contribution >= 4 is 28.6 Å². The first-order chi connectivity index (χ1) is 22.0. The van der Waals surface area contributed by atoms with Crippen LogP contribution in [0, 0.1) is 11.8 Å². The summed E-state index contributed by atoms with van der Waals surface area (Å²) in [5, 5.41) is 15.8. The Morgan fingerprint density at radius 1 is 1.11 bits per heavy atom. The zero-order valence-corrected chi connectivity index (χ0v) is 24.5. The minimum Gasteiger partial charge on any atom is -0.436 e. The van der Waals surface area contributed by atoms with Crippen LogP contribution in [0.4, 0.5) is 10.1 Å². The molecule has 2 aromatic carbocycles. The predicted octanol–water partition coefficient (Wildman–Crippen LogP) is 4.46. The van der Waals surface area contributed by atoms with Crippen LogP contribution in [0.5, 0.6) is 0 Å². The molecule has 0 radical (unpaired) electrons. The summed E-state index contributed by atoms with van der Waals surface area (Å²) in [6.45, 7) is 1.39. The lowest BCUT2D eigenvalue weighted by Crippen LogP contribution is -2.41. The number of benzene rings is 2. The van der Waals surface area contributed by atoms with Crippen LogP contribution >= 0.6 is 0 Å². The number of hydrogen-bond donors (Lipinski definition) is 1. The van der Waals surface area contributed by atoms with Crippen molar-refractivity contribution in [2.24, 2.45) is 11.8 Å². The molecule has 230 valence electrons. The second-order valence-corrected chi connectivity index (χ2v) is 11.4. The zero-order valence-electron chi connectivity index (χ0n) is 24.5. The Morgan fingerprint density at radius 3 is 2.67 bits per heavy atom. The molecule has 2 fully saturated rings. The van der Waals surface area contributed by atoms with E-state index >= 15 is 0 Å². The van der Waals surface area contributed by atoms with E-state index in [1.165, 1.54) is 0 Å². The van der Waals surface area contributed by atoms with E-state index < -0.39 is 12.1 Å². The summed E-state index contributed by atoms with van der Waals surface area (Å²) >= 11 is 0. The first-order valence-corrected chi connectivity index (χ1v) is 14.9. The predicted molar refractivity (Wildman–Crippen MR) is 161 cm³/mol. The van der Waals surface area contributed by atoms with Gasteiger partial charge < -0.3 is 19.4 Å². The van der Waals surface area contributed by atoms with E-state index in [2.05, 4.69) is 42.8 Å². The molecule has 12 nitrogen and oxygen atoms in total. The van der Waals surface area contributed by atoms with Crippen molar-refractivity contribution in [3.05, 3.63) is 83.9 Å². The average molecular weight is 611 g/mol. The van der Waals surface area contributed by atoms with Crippen molar-refractivity contribution in [1.82, 2.24) is 35.1 Å². The van der Waals surface area contributed by atoms with Gasteiger partial charge in [0.25, 0.3) is 5.91 Å². The highest BCUT2D eigenvalue weighted by Gasteiger charge is 2.43. The van der Waals surface area contributed by atoms with Crippen LogP contribution in [0.2, 0.25) is 0 Å². The van der Waals surface area contributed by atoms with Crippen molar-refractivity contribution < 1.29 is 23.1 Å². The topological polar surface area (TPSA) is 141 Å². The number of likely N-dealkylation sites (tertiary alicyclic amines) is 1. The van der Waals surface area contributed by atoms with Gasteiger partial charge in [-0.3, -0.25) is 14.6 Å². The minimum absolute atomic E-state index is 0.120. The Kier molecular flexibility index (Phi) is 7.76. The molecule has 3 atom stereocenters. The molecule has 45 heavy (non-hydrogen) atoms. The molecule has 13 heteroatoms. The van der Waals surface area contributed by atoms with Gasteiger partial charge in [-0.15, -0.1) is 10.2 Å². The molecule has 1 aliphatic heterocycles. The lowest BCUT2D eigenvalue weighted by molar-refractivity contribution is -0.117. The molecule has 7 rings (SSSR count). The fourth-order valence-electron chi connectivity index (χ4n) is 5.86. The molecule has 3 aromatic heterocycles. The molecule has 1 saturated heterocycles. The number of nitrogens with one attached hydrogen (secondary N) is 1. The number of fused-ring (bicyclic) bond motifs is 1. The molecule has 1 saturated carbocycles. The highest BCUT2D eigenvalue weighted by molar-refractivity contribution is 5.96. The average Bonchev–Trinajstić information content (AvgIpc) is 3.41. The molecule has 5 aromatic rings. The number of alkyl halides is 1. The number of hydrogen-bond acceptors (Lipinski definition) is 9. The third-order valence-electron chi connectivity index (χ3n) is 8.34. The van der Waals surface area contributed by atoms with Crippen LogP contribution < -0.4 is 5.32 Å². The molecule has 1 aliphatic carbocycles. The third-order valence-corrected chi connectivity index (χ3v) is 8.34. The number of rotatable bonds is 9. The summed E-state index contributed by atoms with van der Waals surface area (Å²) in [6, 6.07) is 18.5. The Labute approximate surface area is 257 Å². The molecule has 0 spiro atoms. The molecule has 2 aliphatic rings. The van der Waals surface area contributed by atoms with Gasteiger partial charge in [0, 0.05) is 37.6 Å².